The van der Waals surface area contributed by atoms with Crippen LogP contribution in [0.1, 0.15) is 64.5 Å². The van der Waals surface area contributed by atoms with E-state index in [0.29, 0.717) is 11.8 Å². The van der Waals surface area contributed by atoms with Gasteiger partial charge >= 0.3 is 0 Å². The second-order valence-electron chi connectivity index (χ2n) is 8.51. The topological polar surface area (TPSA) is 9.23 Å². The third-order valence-electron chi connectivity index (χ3n) is 6.85. The van der Waals surface area contributed by atoms with Crippen molar-refractivity contribution in [3.8, 4) is 11.5 Å². The maximum atomic E-state index is 6.10. The molecule has 0 amide bonds. The molecule has 2 aromatic carbocycles. The van der Waals surface area contributed by atoms with E-state index >= 15 is 0 Å². The molecule has 2 atom stereocenters. The van der Waals surface area contributed by atoms with E-state index < -0.39 is 0 Å². The lowest BCUT2D eigenvalue weighted by atomic mass is 9.94. The molecule has 2 unspecified atom stereocenters. The molecular formula is C28H30O. The van der Waals surface area contributed by atoms with Gasteiger partial charge in [-0.1, -0.05) is 58.7 Å². The van der Waals surface area contributed by atoms with Crippen molar-refractivity contribution in [1.82, 2.24) is 0 Å². The highest BCUT2D eigenvalue weighted by Crippen LogP contribution is 2.39. The highest BCUT2D eigenvalue weighted by Gasteiger charge is 2.21. The molecule has 0 heterocycles. The van der Waals surface area contributed by atoms with Crippen molar-refractivity contribution < 1.29 is 4.74 Å². The summed E-state index contributed by atoms with van der Waals surface area (Å²) < 4.78 is 6.10. The normalized spacial score (nSPS) is 21.6. The highest BCUT2D eigenvalue weighted by atomic mass is 16.5. The molecule has 2 aromatic rings. The van der Waals surface area contributed by atoms with E-state index in [1.165, 1.54) is 44.6 Å². The fourth-order valence-electron chi connectivity index (χ4n) is 4.40. The van der Waals surface area contributed by atoms with Gasteiger partial charge in [-0.25, -0.2) is 0 Å². The van der Waals surface area contributed by atoms with Crippen molar-refractivity contribution in [2.24, 2.45) is 0 Å². The first-order valence-corrected chi connectivity index (χ1v) is 10.4. The fraction of sp³-hybridized carbons (Fsp3) is 0.286. The van der Waals surface area contributed by atoms with E-state index in [1.807, 2.05) is 0 Å². The fourth-order valence-corrected chi connectivity index (χ4v) is 4.40. The number of ether oxygens (including phenoxy) is 1. The first-order chi connectivity index (χ1) is 13.8. The van der Waals surface area contributed by atoms with Gasteiger partial charge < -0.3 is 4.74 Å². The Morgan fingerprint density at radius 2 is 0.862 bits per heavy atom. The first-order valence-electron chi connectivity index (χ1n) is 10.4. The van der Waals surface area contributed by atoms with E-state index in [2.05, 4.69) is 102 Å². The Morgan fingerprint density at radius 1 is 0.517 bits per heavy atom. The summed E-state index contributed by atoms with van der Waals surface area (Å²) in [7, 11) is 0. The van der Waals surface area contributed by atoms with Crippen LogP contribution in [0.15, 0.2) is 94.1 Å². The zero-order chi connectivity index (χ0) is 20.7. The first kappa shape index (κ1) is 19.5. The van der Waals surface area contributed by atoms with Crippen molar-refractivity contribution in [1.29, 1.82) is 0 Å². The van der Waals surface area contributed by atoms with Gasteiger partial charge in [0.15, 0.2) is 0 Å². The molecule has 29 heavy (non-hydrogen) atoms. The lowest BCUT2D eigenvalue weighted by Gasteiger charge is -2.14. The molecule has 0 radical (unpaired) electrons. The van der Waals surface area contributed by atoms with Crippen LogP contribution < -0.4 is 4.74 Å². The van der Waals surface area contributed by atoms with Crippen LogP contribution in [0.3, 0.4) is 0 Å². The van der Waals surface area contributed by atoms with Crippen LogP contribution >= 0.6 is 0 Å². The standard InChI is InChI=1S/C28H30O/c1-17-15-27(21(5)19(17)3)23-7-11-25(12-8-23)29-26-13-9-24(10-14-26)28-16-18(2)20(4)22(28)6/h7-16,27-28H,1-6H3. The predicted molar refractivity (Wildman–Crippen MR) is 123 cm³/mol. The van der Waals surface area contributed by atoms with Crippen LogP contribution in [0.4, 0.5) is 0 Å². The molecule has 2 aliphatic rings. The summed E-state index contributed by atoms with van der Waals surface area (Å²) in [4.78, 5) is 0. The SMILES string of the molecule is CC1=CC(c2ccc(Oc3ccc(C4C=C(C)C(C)=C4C)cc3)cc2)C(C)=C1C. The molecule has 0 aromatic heterocycles. The minimum absolute atomic E-state index is 0.394. The Morgan fingerprint density at radius 3 is 1.14 bits per heavy atom. The summed E-state index contributed by atoms with van der Waals surface area (Å²) in [5.74, 6) is 2.54. The molecule has 0 spiro atoms. The Bertz CT molecular complexity index is 969. The van der Waals surface area contributed by atoms with E-state index in [1.54, 1.807) is 0 Å². The average molecular weight is 383 g/mol. The van der Waals surface area contributed by atoms with Crippen LogP contribution in [0.5, 0.6) is 11.5 Å². The zero-order valence-corrected chi connectivity index (χ0v) is 18.3. The highest BCUT2D eigenvalue weighted by molar-refractivity contribution is 5.51. The minimum Gasteiger partial charge on any atom is -0.457 e. The maximum absolute atomic E-state index is 6.10. The Balaban J connectivity index is 1.47. The van der Waals surface area contributed by atoms with Gasteiger partial charge in [-0.2, -0.15) is 0 Å². The summed E-state index contributed by atoms with van der Waals surface area (Å²) in [6.45, 7) is 13.3. The van der Waals surface area contributed by atoms with Crippen molar-refractivity contribution in [2.45, 2.75) is 53.4 Å². The van der Waals surface area contributed by atoms with Gasteiger partial charge in [0.25, 0.3) is 0 Å². The van der Waals surface area contributed by atoms with Gasteiger partial charge in [0.05, 0.1) is 0 Å². The summed E-state index contributed by atoms with van der Waals surface area (Å²) >= 11 is 0. The Hall–Kier alpha value is -2.80. The van der Waals surface area contributed by atoms with Gasteiger partial charge in [0.2, 0.25) is 0 Å². The molecule has 0 saturated heterocycles. The average Bonchev–Trinajstić information content (AvgIpc) is 3.14. The number of hydrogen-bond acceptors (Lipinski definition) is 1. The molecule has 0 bridgehead atoms. The molecule has 4 rings (SSSR count). The number of benzene rings is 2. The molecular weight excluding hydrogens is 352 g/mol. The van der Waals surface area contributed by atoms with Gasteiger partial charge in [-0.05, 0) is 88.1 Å². The molecule has 0 saturated carbocycles. The molecule has 0 fully saturated rings. The van der Waals surface area contributed by atoms with E-state index in [0.717, 1.165) is 11.5 Å². The molecule has 0 aliphatic heterocycles. The molecule has 1 nitrogen and oxygen atoms in total. The van der Waals surface area contributed by atoms with Crippen LogP contribution in [-0.4, -0.2) is 0 Å². The lowest BCUT2D eigenvalue weighted by molar-refractivity contribution is 0.482. The number of allylic oxidation sites excluding steroid dienone is 8. The van der Waals surface area contributed by atoms with Gasteiger partial charge in [-0.15, -0.1) is 0 Å². The zero-order valence-electron chi connectivity index (χ0n) is 18.3. The van der Waals surface area contributed by atoms with Crippen molar-refractivity contribution >= 4 is 0 Å². The van der Waals surface area contributed by atoms with E-state index in [4.69, 9.17) is 4.74 Å². The summed E-state index contributed by atoms with van der Waals surface area (Å²) in [5.41, 5.74) is 11.2. The predicted octanol–water partition coefficient (Wildman–Crippen LogP) is 8.24. The second kappa shape index (κ2) is 7.55. The van der Waals surface area contributed by atoms with Crippen LogP contribution in [-0.2, 0) is 0 Å². The van der Waals surface area contributed by atoms with Gasteiger partial charge in [-0.3, -0.25) is 0 Å². The third kappa shape index (κ3) is 3.62. The second-order valence-corrected chi connectivity index (χ2v) is 8.51. The molecule has 148 valence electrons. The van der Waals surface area contributed by atoms with Gasteiger partial charge in [0, 0.05) is 11.8 Å². The van der Waals surface area contributed by atoms with Crippen molar-refractivity contribution in [2.75, 3.05) is 0 Å². The quantitative estimate of drug-likeness (QED) is 0.517. The third-order valence-corrected chi connectivity index (χ3v) is 6.85. The van der Waals surface area contributed by atoms with Gasteiger partial charge in [0.1, 0.15) is 11.5 Å². The number of rotatable bonds is 4. The van der Waals surface area contributed by atoms with Crippen LogP contribution in [0.2, 0.25) is 0 Å². The summed E-state index contributed by atoms with van der Waals surface area (Å²) in [6, 6.07) is 17.0. The van der Waals surface area contributed by atoms with E-state index in [-0.39, 0.29) is 0 Å². The molecule has 2 aliphatic carbocycles. The van der Waals surface area contributed by atoms with Crippen molar-refractivity contribution in [3.63, 3.8) is 0 Å². The number of hydrogen-bond donors (Lipinski definition) is 0. The Labute approximate surface area is 175 Å². The monoisotopic (exact) mass is 382 g/mol. The Kier molecular flexibility index (Phi) is 5.08. The largest absolute Gasteiger partial charge is 0.457 e. The molecule has 0 N–H and O–H groups in total. The maximum Gasteiger partial charge on any atom is 0.127 e. The van der Waals surface area contributed by atoms with Crippen molar-refractivity contribution in [3.05, 3.63) is 105 Å². The van der Waals surface area contributed by atoms with Crippen LogP contribution in [0, 0.1) is 0 Å². The minimum atomic E-state index is 0.394. The summed E-state index contributed by atoms with van der Waals surface area (Å²) in [6.07, 6.45) is 4.72. The van der Waals surface area contributed by atoms with E-state index in [9.17, 15) is 0 Å². The molecule has 1 heteroatoms. The summed E-state index contributed by atoms with van der Waals surface area (Å²) in [5, 5.41) is 0. The lowest BCUT2D eigenvalue weighted by Crippen LogP contribution is -1.96. The van der Waals surface area contributed by atoms with Crippen LogP contribution in [0.25, 0.3) is 0 Å². The smallest absolute Gasteiger partial charge is 0.127 e.